The monoisotopic (exact) mass is 293 g/mol. The fraction of sp³-hybridized carbons (Fsp3) is 0.357. The minimum absolute atomic E-state index is 0.206. The Kier molecular flexibility index (Phi) is 4.39. The van der Waals surface area contributed by atoms with Crippen molar-refractivity contribution in [2.24, 2.45) is 0 Å². The SMILES string of the molecule is Cc1cc(CNC(=O)c2cc(Cl)nc(C(C)C)c2)on1. The smallest absolute Gasteiger partial charge is 0.251 e. The molecule has 20 heavy (non-hydrogen) atoms. The van der Waals surface area contributed by atoms with Gasteiger partial charge in [-0.1, -0.05) is 30.6 Å². The molecule has 0 radical (unpaired) electrons. The Labute approximate surface area is 122 Å². The predicted molar refractivity (Wildman–Crippen MR) is 75.7 cm³/mol. The van der Waals surface area contributed by atoms with Crippen LogP contribution in [-0.2, 0) is 6.54 Å². The fourth-order valence-corrected chi connectivity index (χ4v) is 1.93. The molecule has 2 heterocycles. The molecule has 0 saturated carbocycles. The van der Waals surface area contributed by atoms with Crippen molar-refractivity contribution >= 4 is 17.5 Å². The molecule has 5 nitrogen and oxygen atoms in total. The second-order valence-corrected chi connectivity index (χ2v) is 5.26. The van der Waals surface area contributed by atoms with Gasteiger partial charge < -0.3 is 9.84 Å². The predicted octanol–water partition coefficient (Wildman–Crippen LogP) is 3.08. The van der Waals surface area contributed by atoms with E-state index in [2.05, 4.69) is 15.5 Å². The molecule has 2 aromatic heterocycles. The lowest BCUT2D eigenvalue weighted by molar-refractivity contribution is 0.0947. The van der Waals surface area contributed by atoms with Gasteiger partial charge in [0.05, 0.1) is 12.2 Å². The summed E-state index contributed by atoms with van der Waals surface area (Å²) in [4.78, 5) is 16.3. The Bertz CT molecular complexity index is 623. The molecule has 0 unspecified atom stereocenters. The Morgan fingerprint density at radius 3 is 2.75 bits per heavy atom. The summed E-state index contributed by atoms with van der Waals surface area (Å²) in [7, 11) is 0. The Morgan fingerprint density at radius 1 is 1.40 bits per heavy atom. The fourth-order valence-electron chi connectivity index (χ4n) is 1.71. The van der Waals surface area contributed by atoms with Crippen LogP contribution in [0.15, 0.2) is 22.7 Å². The molecule has 0 fully saturated rings. The number of amides is 1. The molecule has 0 aliphatic carbocycles. The number of pyridine rings is 1. The first-order chi connectivity index (χ1) is 9.45. The summed E-state index contributed by atoms with van der Waals surface area (Å²) in [6, 6.07) is 5.07. The van der Waals surface area contributed by atoms with Crippen LogP contribution in [0.1, 0.15) is 47.3 Å². The topological polar surface area (TPSA) is 68.0 Å². The average molecular weight is 294 g/mol. The van der Waals surface area contributed by atoms with Crippen LogP contribution in [0.3, 0.4) is 0 Å². The van der Waals surface area contributed by atoms with E-state index in [4.69, 9.17) is 16.1 Å². The Balaban J connectivity index is 2.09. The minimum Gasteiger partial charge on any atom is -0.359 e. The number of carbonyl (C=O) groups excluding carboxylic acids is 1. The first kappa shape index (κ1) is 14.5. The lowest BCUT2D eigenvalue weighted by Crippen LogP contribution is -2.23. The van der Waals surface area contributed by atoms with E-state index in [0.29, 0.717) is 16.5 Å². The summed E-state index contributed by atoms with van der Waals surface area (Å²) in [5, 5.41) is 6.84. The molecule has 1 N–H and O–H groups in total. The van der Waals surface area contributed by atoms with Crippen LogP contribution in [0, 0.1) is 6.92 Å². The van der Waals surface area contributed by atoms with Crippen LogP contribution < -0.4 is 5.32 Å². The second-order valence-electron chi connectivity index (χ2n) is 4.88. The molecule has 6 heteroatoms. The Hall–Kier alpha value is -1.88. The zero-order chi connectivity index (χ0) is 14.7. The van der Waals surface area contributed by atoms with Crippen LogP contribution in [0.2, 0.25) is 5.15 Å². The number of hydrogen-bond donors (Lipinski definition) is 1. The molecule has 0 aromatic carbocycles. The molecule has 0 saturated heterocycles. The number of aromatic nitrogens is 2. The van der Waals surface area contributed by atoms with E-state index in [0.717, 1.165) is 11.4 Å². The number of rotatable bonds is 4. The third-order valence-electron chi connectivity index (χ3n) is 2.77. The van der Waals surface area contributed by atoms with Gasteiger partial charge in [0, 0.05) is 17.3 Å². The summed E-state index contributed by atoms with van der Waals surface area (Å²) >= 11 is 5.94. The van der Waals surface area contributed by atoms with Gasteiger partial charge in [0.15, 0.2) is 5.76 Å². The highest BCUT2D eigenvalue weighted by Crippen LogP contribution is 2.17. The maximum Gasteiger partial charge on any atom is 0.251 e. The van der Waals surface area contributed by atoms with Gasteiger partial charge in [-0.05, 0) is 25.0 Å². The van der Waals surface area contributed by atoms with Gasteiger partial charge in [-0.2, -0.15) is 0 Å². The minimum atomic E-state index is -0.217. The first-order valence-electron chi connectivity index (χ1n) is 6.33. The quantitative estimate of drug-likeness (QED) is 0.880. The van der Waals surface area contributed by atoms with Gasteiger partial charge in [0.25, 0.3) is 5.91 Å². The van der Waals surface area contributed by atoms with E-state index in [1.807, 2.05) is 20.8 Å². The van der Waals surface area contributed by atoms with Gasteiger partial charge in [-0.25, -0.2) is 4.98 Å². The van der Waals surface area contributed by atoms with E-state index >= 15 is 0 Å². The summed E-state index contributed by atoms with van der Waals surface area (Å²) in [5.74, 6) is 0.600. The molecule has 2 rings (SSSR count). The van der Waals surface area contributed by atoms with E-state index < -0.39 is 0 Å². The molecular formula is C14H16ClN3O2. The molecule has 0 atom stereocenters. The number of carbonyl (C=O) groups is 1. The summed E-state index contributed by atoms with van der Waals surface area (Å²) in [6.45, 7) is 6.11. The van der Waals surface area contributed by atoms with E-state index in [1.54, 1.807) is 18.2 Å². The summed E-state index contributed by atoms with van der Waals surface area (Å²) < 4.78 is 5.03. The lowest BCUT2D eigenvalue weighted by atomic mass is 10.1. The third kappa shape index (κ3) is 3.57. The van der Waals surface area contributed by atoms with Gasteiger partial charge in [-0.15, -0.1) is 0 Å². The maximum atomic E-state index is 12.1. The normalized spacial score (nSPS) is 10.8. The molecule has 0 aliphatic heterocycles. The van der Waals surface area contributed by atoms with E-state index in [9.17, 15) is 4.79 Å². The molecule has 2 aromatic rings. The average Bonchev–Trinajstić information content (AvgIpc) is 2.81. The number of nitrogens with one attached hydrogen (secondary N) is 1. The van der Waals surface area contributed by atoms with Crippen molar-refractivity contribution < 1.29 is 9.32 Å². The van der Waals surface area contributed by atoms with Crippen LogP contribution in [0.5, 0.6) is 0 Å². The number of nitrogens with zero attached hydrogens (tertiary/aromatic N) is 2. The zero-order valence-electron chi connectivity index (χ0n) is 11.6. The largest absolute Gasteiger partial charge is 0.359 e. The summed E-state index contributed by atoms with van der Waals surface area (Å²) in [5.41, 5.74) is 2.06. The number of hydrogen-bond acceptors (Lipinski definition) is 4. The molecule has 0 bridgehead atoms. The third-order valence-corrected chi connectivity index (χ3v) is 2.96. The maximum absolute atomic E-state index is 12.1. The molecule has 0 aliphatic rings. The number of halogens is 1. The standard InChI is InChI=1S/C14H16ClN3O2/c1-8(2)12-5-10(6-13(15)17-12)14(19)16-7-11-4-9(3)18-20-11/h4-6,8H,7H2,1-3H3,(H,16,19). The highest BCUT2D eigenvalue weighted by Gasteiger charge is 2.12. The van der Waals surface area contributed by atoms with Crippen LogP contribution in [0.4, 0.5) is 0 Å². The molecular weight excluding hydrogens is 278 g/mol. The second kappa shape index (κ2) is 6.05. The van der Waals surface area contributed by atoms with Gasteiger partial charge in [-0.3, -0.25) is 4.79 Å². The van der Waals surface area contributed by atoms with Crippen molar-refractivity contribution in [3.8, 4) is 0 Å². The van der Waals surface area contributed by atoms with Gasteiger partial charge in [0.2, 0.25) is 0 Å². The van der Waals surface area contributed by atoms with Crippen LogP contribution in [-0.4, -0.2) is 16.0 Å². The van der Waals surface area contributed by atoms with Gasteiger partial charge >= 0.3 is 0 Å². The van der Waals surface area contributed by atoms with E-state index in [-0.39, 0.29) is 18.4 Å². The Morgan fingerprint density at radius 2 is 2.15 bits per heavy atom. The lowest BCUT2D eigenvalue weighted by Gasteiger charge is -2.08. The van der Waals surface area contributed by atoms with E-state index in [1.165, 1.54) is 0 Å². The van der Waals surface area contributed by atoms with Gasteiger partial charge in [0.1, 0.15) is 5.15 Å². The van der Waals surface area contributed by atoms with Crippen molar-refractivity contribution in [3.63, 3.8) is 0 Å². The molecule has 1 amide bonds. The molecule has 106 valence electrons. The highest BCUT2D eigenvalue weighted by molar-refractivity contribution is 6.29. The zero-order valence-corrected chi connectivity index (χ0v) is 12.4. The van der Waals surface area contributed by atoms with Crippen molar-refractivity contribution in [1.29, 1.82) is 0 Å². The van der Waals surface area contributed by atoms with Crippen molar-refractivity contribution in [1.82, 2.24) is 15.5 Å². The molecule has 0 spiro atoms. The van der Waals surface area contributed by atoms with Crippen LogP contribution in [0.25, 0.3) is 0 Å². The van der Waals surface area contributed by atoms with Crippen molar-refractivity contribution in [3.05, 3.63) is 46.1 Å². The summed E-state index contributed by atoms with van der Waals surface area (Å²) in [6.07, 6.45) is 0. The van der Waals surface area contributed by atoms with Crippen molar-refractivity contribution in [2.45, 2.75) is 33.2 Å². The first-order valence-corrected chi connectivity index (χ1v) is 6.71. The number of aryl methyl sites for hydroxylation is 1. The highest BCUT2D eigenvalue weighted by atomic mass is 35.5. The van der Waals surface area contributed by atoms with Crippen molar-refractivity contribution in [2.75, 3.05) is 0 Å². The van der Waals surface area contributed by atoms with Crippen LogP contribution >= 0.6 is 11.6 Å².